The number of carbonyl (C=O) groups is 1. The number of urea groups is 1. The first-order chi connectivity index (χ1) is 10.4. The SMILES string of the molecule is CCC(CC)(CO)NC(=O)Nc1cccc(COC(C)C)c1. The number of rotatable bonds is 8. The molecule has 124 valence electrons. The molecule has 3 N–H and O–H groups in total. The van der Waals surface area contributed by atoms with Crippen molar-refractivity contribution in [2.75, 3.05) is 11.9 Å². The molecule has 0 atom stereocenters. The number of nitrogens with one attached hydrogen (secondary N) is 2. The van der Waals surface area contributed by atoms with Crippen molar-refractivity contribution in [3.8, 4) is 0 Å². The molecule has 0 spiro atoms. The molecule has 1 rings (SSSR count). The van der Waals surface area contributed by atoms with Gasteiger partial charge in [-0.2, -0.15) is 0 Å². The number of aliphatic hydroxyl groups excluding tert-OH is 1. The van der Waals surface area contributed by atoms with Gasteiger partial charge in [-0.25, -0.2) is 4.79 Å². The van der Waals surface area contributed by atoms with Gasteiger partial charge in [0.15, 0.2) is 0 Å². The van der Waals surface area contributed by atoms with E-state index in [1.807, 2.05) is 52.0 Å². The Kier molecular flexibility index (Phi) is 7.35. The molecule has 0 radical (unpaired) electrons. The highest BCUT2D eigenvalue weighted by Gasteiger charge is 2.27. The van der Waals surface area contributed by atoms with Gasteiger partial charge in [-0.05, 0) is 44.4 Å². The average molecular weight is 308 g/mol. The fourth-order valence-electron chi connectivity index (χ4n) is 2.09. The van der Waals surface area contributed by atoms with E-state index in [1.165, 1.54) is 0 Å². The van der Waals surface area contributed by atoms with Crippen molar-refractivity contribution in [1.29, 1.82) is 0 Å². The van der Waals surface area contributed by atoms with Gasteiger partial charge < -0.3 is 20.5 Å². The first-order valence-corrected chi connectivity index (χ1v) is 7.85. The second kappa shape index (κ2) is 8.76. The van der Waals surface area contributed by atoms with Crippen LogP contribution in [0.25, 0.3) is 0 Å². The molecule has 1 aromatic carbocycles. The molecule has 0 aromatic heterocycles. The van der Waals surface area contributed by atoms with Gasteiger partial charge in [0, 0.05) is 5.69 Å². The largest absolute Gasteiger partial charge is 0.394 e. The number of ether oxygens (including phenoxy) is 1. The van der Waals surface area contributed by atoms with E-state index in [0.29, 0.717) is 25.1 Å². The number of aliphatic hydroxyl groups is 1. The molecule has 0 fully saturated rings. The van der Waals surface area contributed by atoms with Gasteiger partial charge >= 0.3 is 6.03 Å². The predicted molar refractivity (Wildman–Crippen MR) is 88.9 cm³/mol. The minimum Gasteiger partial charge on any atom is -0.394 e. The van der Waals surface area contributed by atoms with E-state index in [2.05, 4.69) is 10.6 Å². The maximum absolute atomic E-state index is 12.1. The van der Waals surface area contributed by atoms with Crippen LogP contribution < -0.4 is 10.6 Å². The van der Waals surface area contributed by atoms with Crippen molar-refractivity contribution in [2.45, 2.75) is 58.8 Å². The van der Waals surface area contributed by atoms with Crippen molar-refractivity contribution in [1.82, 2.24) is 5.32 Å². The lowest BCUT2D eigenvalue weighted by atomic mass is 9.94. The quantitative estimate of drug-likeness (QED) is 0.690. The first kappa shape index (κ1) is 18.5. The number of hydrogen-bond acceptors (Lipinski definition) is 3. The van der Waals surface area contributed by atoms with Crippen LogP contribution in [0.2, 0.25) is 0 Å². The highest BCUT2D eigenvalue weighted by atomic mass is 16.5. The smallest absolute Gasteiger partial charge is 0.319 e. The number of benzene rings is 1. The van der Waals surface area contributed by atoms with Gasteiger partial charge in [-0.3, -0.25) is 0 Å². The number of amides is 2. The normalized spacial score (nSPS) is 11.5. The van der Waals surface area contributed by atoms with E-state index >= 15 is 0 Å². The zero-order valence-electron chi connectivity index (χ0n) is 14.0. The Hall–Kier alpha value is -1.59. The van der Waals surface area contributed by atoms with Crippen LogP contribution in [-0.4, -0.2) is 29.4 Å². The molecular formula is C17H28N2O3. The molecule has 0 aliphatic rings. The minimum absolute atomic E-state index is 0.0737. The number of carbonyl (C=O) groups excluding carboxylic acids is 1. The zero-order chi connectivity index (χ0) is 16.6. The fourth-order valence-corrected chi connectivity index (χ4v) is 2.09. The Morgan fingerprint density at radius 3 is 2.55 bits per heavy atom. The lowest BCUT2D eigenvalue weighted by Gasteiger charge is -2.30. The van der Waals surface area contributed by atoms with E-state index in [9.17, 15) is 9.90 Å². The van der Waals surface area contributed by atoms with E-state index in [4.69, 9.17) is 4.74 Å². The molecule has 1 aromatic rings. The molecule has 0 aliphatic heterocycles. The van der Waals surface area contributed by atoms with Crippen molar-refractivity contribution in [3.05, 3.63) is 29.8 Å². The van der Waals surface area contributed by atoms with E-state index in [1.54, 1.807) is 0 Å². The highest BCUT2D eigenvalue weighted by Crippen LogP contribution is 2.16. The Balaban J connectivity index is 2.66. The molecule has 2 amide bonds. The van der Waals surface area contributed by atoms with Crippen LogP contribution in [0.4, 0.5) is 10.5 Å². The summed E-state index contributed by atoms with van der Waals surface area (Å²) in [7, 11) is 0. The minimum atomic E-state index is -0.567. The van der Waals surface area contributed by atoms with Gasteiger partial charge in [0.1, 0.15) is 0 Å². The van der Waals surface area contributed by atoms with E-state index in [-0.39, 0.29) is 18.7 Å². The highest BCUT2D eigenvalue weighted by molar-refractivity contribution is 5.89. The summed E-state index contributed by atoms with van der Waals surface area (Å²) < 4.78 is 5.56. The van der Waals surface area contributed by atoms with Gasteiger partial charge in [0.2, 0.25) is 0 Å². The second-order valence-corrected chi connectivity index (χ2v) is 5.78. The van der Waals surface area contributed by atoms with Crippen LogP contribution in [0.3, 0.4) is 0 Å². The van der Waals surface area contributed by atoms with Crippen LogP contribution in [0.15, 0.2) is 24.3 Å². The van der Waals surface area contributed by atoms with Crippen LogP contribution in [0.5, 0.6) is 0 Å². The number of hydrogen-bond donors (Lipinski definition) is 3. The topological polar surface area (TPSA) is 70.6 Å². The van der Waals surface area contributed by atoms with Crippen LogP contribution in [-0.2, 0) is 11.3 Å². The standard InChI is InChI=1S/C17H28N2O3/c1-5-17(6-2,12-20)19-16(21)18-15-9-7-8-14(10-15)11-22-13(3)4/h7-10,13,20H,5-6,11-12H2,1-4H3,(H2,18,19,21). The fraction of sp³-hybridized carbons (Fsp3) is 0.588. The maximum atomic E-state index is 12.1. The summed E-state index contributed by atoms with van der Waals surface area (Å²) in [6.07, 6.45) is 1.52. The summed E-state index contributed by atoms with van der Waals surface area (Å²) in [6, 6.07) is 7.26. The van der Waals surface area contributed by atoms with E-state index < -0.39 is 5.54 Å². The molecule has 0 bridgehead atoms. The van der Waals surface area contributed by atoms with Crippen molar-refractivity contribution in [3.63, 3.8) is 0 Å². The average Bonchev–Trinajstić information content (AvgIpc) is 2.51. The summed E-state index contributed by atoms with van der Waals surface area (Å²) in [5.74, 6) is 0. The Morgan fingerprint density at radius 1 is 1.32 bits per heavy atom. The Labute approximate surface area is 133 Å². The third-order valence-electron chi connectivity index (χ3n) is 3.80. The monoisotopic (exact) mass is 308 g/mol. The van der Waals surface area contributed by atoms with Gasteiger partial charge in [0.25, 0.3) is 0 Å². The van der Waals surface area contributed by atoms with Crippen molar-refractivity contribution in [2.24, 2.45) is 0 Å². The van der Waals surface area contributed by atoms with Gasteiger partial charge in [-0.1, -0.05) is 26.0 Å². The summed E-state index contributed by atoms with van der Waals surface area (Å²) in [5, 5.41) is 15.2. The number of anilines is 1. The third-order valence-corrected chi connectivity index (χ3v) is 3.80. The zero-order valence-corrected chi connectivity index (χ0v) is 14.0. The van der Waals surface area contributed by atoms with Crippen molar-refractivity contribution < 1.29 is 14.6 Å². The molecule has 0 unspecified atom stereocenters. The van der Waals surface area contributed by atoms with Crippen LogP contribution in [0, 0.1) is 0 Å². The Morgan fingerprint density at radius 2 is 2.00 bits per heavy atom. The Bertz CT molecular complexity index is 462. The third kappa shape index (κ3) is 5.66. The first-order valence-electron chi connectivity index (χ1n) is 7.85. The molecule has 5 heteroatoms. The molecule has 0 heterocycles. The maximum Gasteiger partial charge on any atom is 0.319 e. The lowest BCUT2D eigenvalue weighted by Crippen LogP contribution is -2.52. The second-order valence-electron chi connectivity index (χ2n) is 5.78. The lowest BCUT2D eigenvalue weighted by molar-refractivity contribution is 0.0657. The summed E-state index contributed by atoms with van der Waals surface area (Å²) in [4.78, 5) is 12.1. The summed E-state index contributed by atoms with van der Waals surface area (Å²) in [6.45, 7) is 8.31. The molecule has 22 heavy (non-hydrogen) atoms. The molecule has 0 saturated carbocycles. The molecular weight excluding hydrogens is 280 g/mol. The molecule has 0 aliphatic carbocycles. The summed E-state index contributed by atoms with van der Waals surface area (Å²) in [5.41, 5.74) is 1.15. The van der Waals surface area contributed by atoms with Gasteiger partial charge in [0.05, 0.1) is 24.9 Å². The van der Waals surface area contributed by atoms with Gasteiger partial charge in [-0.15, -0.1) is 0 Å². The van der Waals surface area contributed by atoms with Crippen LogP contribution in [0.1, 0.15) is 46.1 Å². The molecule has 0 saturated heterocycles. The summed E-state index contributed by atoms with van der Waals surface area (Å²) >= 11 is 0. The molecule has 5 nitrogen and oxygen atoms in total. The van der Waals surface area contributed by atoms with Crippen LogP contribution >= 0.6 is 0 Å². The predicted octanol–water partition coefficient (Wildman–Crippen LogP) is 3.28. The van der Waals surface area contributed by atoms with E-state index in [0.717, 1.165) is 5.56 Å². The van der Waals surface area contributed by atoms with Crippen molar-refractivity contribution >= 4 is 11.7 Å².